The van der Waals surface area contributed by atoms with E-state index in [0.717, 1.165) is 27.0 Å². The number of aryl methyl sites for hydroxylation is 1. The van der Waals surface area contributed by atoms with E-state index in [2.05, 4.69) is 0 Å². The summed E-state index contributed by atoms with van der Waals surface area (Å²) < 4.78 is 39.0. The smallest absolute Gasteiger partial charge is 0.398 e. The molecule has 0 aliphatic carbocycles. The van der Waals surface area contributed by atoms with Gasteiger partial charge in [-0.2, -0.15) is 24.5 Å². The number of anilines is 1. The molecule has 1 heterocycles. The lowest BCUT2D eigenvalue weighted by Gasteiger charge is -2.25. The van der Waals surface area contributed by atoms with Crippen molar-refractivity contribution in [3.8, 4) is 0 Å². The van der Waals surface area contributed by atoms with Crippen LogP contribution in [-0.2, 0) is 6.18 Å². The van der Waals surface area contributed by atoms with Gasteiger partial charge in [-0.15, -0.1) is 0 Å². The number of hydrogen-bond donors (Lipinski definition) is 2. The first kappa shape index (κ1) is 24.0. The average Bonchev–Trinajstić information content (AvgIpc) is 3.13. The SMILES string of the molecule is Cc1cc(C(=O)N(C)CC(O)CN(C)C(=O)c2cscc2C(F)(F)F)c(Cl)cc1N. The number of nitrogens with two attached hydrogens (primary N) is 1. The maximum absolute atomic E-state index is 13.0. The van der Waals surface area contributed by atoms with Crippen molar-refractivity contribution in [3.05, 3.63) is 50.2 Å². The molecule has 164 valence electrons. The number of hydrogen-bond acceptors (Lipinski definition) is 5. The number of carbonyl (C=O) groups excluding carboxylic acids is 2. The van der Waals surface area contributed by atoms with Crippen LogP contribution in [0.3, 0.4) is 0 Å². The maximum Gasteiger partial charge on any atom is 0.417 e. The highest BCUT2D eigenvalue weighted by Gasteiger charge is 2.37. The lowest BCUT2D eigenvalue weighted by Crippen LogP contribution is -2.42. The first-order valence-corrected chi connectivity index (χ1v) is 10.0. The van der Waals surface area contributed by atoms with E-state index in [1.54, 1.807) is 6.92 Å². The summed E-state index contributed by atoms with van der Waals surface area (Å²) in [7, 11) is 2.72. The van der Waals surface area contributed by atoms with E-state index in [9.17, 15) is 27.9 Å². The van der Waals surface area contributed by atoms with E-state index in [1.807, 2.05) is 0 Å². The molecular formula is C19H21ClF3N3O3S. The van der Waals surface area contributed by atoms with Gasteiger partial charge < -0.3 is 20.6 Å². The van der Waals surface area contributed by atoms with Crippen LogP contribution < -0.4 is 5.73 Å². The molecule has 0 radical (unpaired) electrons. The second-order valence-electron chi connectivity index (χ2n) is 6.91. The van der Waals surface area contributed by atoms with E-state index in [-0.39, 0.29) is 23.7 Å². The summed E-state index contributed by atoms with van der Waals surface area (Å²) >= 11 is 6.85. The largest absolute Gasteiger partial charge is 0.417 e. The fourth-order valence-electron chi connectivity index (χ4n) is 2.81. The lowest BCUT2D eigenvalue weighted by atomic mass is 10.1. The van der Waals surface area contributed by atoms with Gasteiger partial charge in [-0.1, -0.05) is 11.6 Å². The van der Waals surface area contributed by atoms with Gasteiger partial charge in [0.25, 0.3) is 11.8 Å². The van der Waals surface area contributed by atoms with Gasteiger partial charge in [0.2, 0.25) is 0 Å². The highest BCUT2D eigenvalue weighted by Crippen LogP contribution is 2.34. The number of aliphatic hydroxyl groups excluding tert-OH is 1. The molecule has 0 bridgehead atoms. The monoisotopic (exact) mass is 463 g/mol. The summed E-state index contributed by atoms with van der Waals surface area (Å²) in [5.41, 5.74) is 5.57. The second-order valence-corrected chi connectivity index (χ2v) is 8.06. The van der Waals surface area contributed by atoms with Gasteiger partial charge in [-0.25, -0.2) is 0 Å². The maximum atomic E-state index is 13.0. The zero-order valence-corrected chi connectivity index (χ0v) is 18.0. The number of aliphatic hydroxyl groups is 1. The molecule has 11 heteroatoms. The summed E-state index contributed by atoms with van der Waals surface area (Å²) in [6.07, 6.45) is -5.83. The average molecular weight is 464 g/mol. The van der Waals surface area contributed by atoms with Crippen LogP contribution in [0.25, 0.3) is 0 Å². The van der Waals surface area contributed by atoms with Gasteiger partial charge >= 0.3 is 6.18 Å². The standard InChI is InChI=1S/C19H21ClF3N3O3S/c1-10-4-12(15(20)5-16(10)24)17(28)25(2)6-11(27)7-26(3)18(29)13-8-30-9-14(13)19(21,22)23/h4-5,8-9,11,27H,6-7,24H2,1-3H3. The molecule has 1 atom stereocenters. The number of nitrogens with zero attached hydrogens (tertiary/aromatic N) is 2. The Kier molecular flexibility index (Phi) is 7.38. The quantitative estimate of drug-likeness (QED) is 0.642. The van der Waals surface area contributed by atoms with Crippen LogP contribution >= 0.6 is 22.9 Å². The Bertz CT molecular complexity index is 949. The highest BCUT2D eigenvalue weighted by molar-refractivity contribution is 7.08. The molecule has 1 aromatic heterocycles. The first-order valence-electron chi connectivity index (χ1n) is 8.71. The van der Waals surface area contributed by atoms with Crippen molar-refractivity contribution in [2.75, 3.05) is 32.9 Å². The number of nitrogen functional groups attached to an aromatic ring is 1. The Morgan fingerprint density at radius 3 is 2.20 bits per heavy atom. The molecule has 2 aromatic rings. The van der Waals surface area contributed by atoms with Gasteiger partial charge in [-0.3, -0.25) is 9.59 Å². The summed E-state index contributed by atoms with van der Waals surface area (Å²) in [6, 6.07) is 2.99. The lowest BCUT2D eigenvalue weighted by molar-refractivity contribution is -0.137. The predicted molar refractivity (Wildman–Crippen MR) is 110 cm³/mol. The molecule has 0 saturated heterocycles. The van der Waals surface area contributed by atoms with E-state index >= 15 is 0 Å². The van der Waals surface area contributed by atoms with Crippen LogP contribution in [0.15, 0.2) is 22.9 Å². The topological polar surface area (TPSA) is 86.9 Å². The van der Waals surface area contributed by atoms with Crippen LogP contribution in [0.1, 0.15) is 31.8 Å². The minimum atomic E-state index is -4.65. The van der Waals surface area contributed by atoms with Gasteiger partial charge in [0.15, 0.2) is 0 Å². The number of likely N-dealkylation sites (N-methyl/N-ethyl adjacent to an activating group) is 2. The van der Waals surface area contributed by atoms with Crippen molar-refractivity contribution in [2.45, 2.75) is 19.2 Å². The molecule has 0 fully saturated rings. The Labute approximate surface area is 180 Å². The van der Waals surface area contributed by atoms with Crippen molar-refractivity contribution in [1.82, 2.24) is 9.80 Å². The van der Waals surface area contributed by atoms with Crippen LogP contribution in [0, 0.1) is 6.92 Å². The second kappa shape index (κ2) is 9.23. The van der Waals surface area contributed by atoms with Crippen molar-refractivity contribution in [3.63, 3.8) is 0 Å². The molecule has 2 rings (SSSR count). The number of benzene rings is 1. The van der Waals surface area contributed by atoms with Crippen molar-refractivity contribution >= 4 is 40.4 Å². The molecule has 1 aromatic carbocycles. The van der Waals surface area contributed by atoms with Crippen LogP contribution in [-0.4, -0.2) is 60.0 Å². The van der Waals surface area contributed by atoms with E-state index in [4.69, 9.17) is 17.3 Å². The minimum absolute atomic E-state index is 0.161. The minimum Gasteiger partial charge on any atom is -0.398 e. The molecule has 0 aliphatic heterocycles. The third-order valence-electron chi connectivity index (χ3n) is 4.45. The Balaban J connectivity index is 2.04. The van der Waals surface area contributed by atoms with E-state index < -0.39 is 35.2 Å². The summed E-state index contributed by atoms with van der Waals surface area (Å²) in [5.74, 6) is -1.33. The van der Waals surface area contributed by atoms with Gasteiger partial charge in [0.05, 0.1) is 27.8 Å². The number of alkyl halides is 3. The molecule has 0 saturated carbocycles. The van der Waals surface area contributed by atoms with Crippen LogP contribution in [0.5, 0.6) is 0 Å². The van der Waals surface area contributed by atoms with Crippen LogP contribution in [0.4, 0.5) is 18.9 Å². The normalized spacial score (nSPS) is 12.5. The molecular weight excluding hydrogens is 443 g/mol. The summed E-state index contributed by atoms with van der Waals surface area (Å²) in [4.78, 5) is 27.2. The zero-order valence-electron chi connectivity index (χ0n) is 16.5. The Morgan fingerprint density at radius 2 is 1.67 bits per heavy atom. The van der Waals surface area contributed by atoms with Crippen molar-refractivity contribution in [2.24, 2.45) is 0 Å². The van der Waals surface area contributed by atoms with Crippen molar-refractivity contribution in [1.29, 1.82) is 0 Å². The fourth-order valence-corrected chi connectivity index (χ4v) is 3.89. The highest BCUT2D eigenvalue weighted by atomic mass is 35.5. The first-order chi connectivity index (χ1) is 13.8. The molecule has 6 nitrogen and oxygen atoms in total. The van der Waals surface area contributed by atoms with Crippen molar-refractivity contribution < 1.29 is 27.9 Å². The molecule has 1 unspecified atom stereocenters. The Morgan fingerprint density at radius 1 is 1.13 bits per heavy atom. The molecule has 30 heavy (non-hydrogen) atoms. The molecule has 0 spiro atoms. The molecule has 3 N–H and O–H groups in total. The number of amides is 2. The van der Waals surface area contributed by atoms with E-state index in [0.29, 0.717) is 11.3 Å². The van der Waals surface area contributed by atoms with Crippen LogP contribution in [0.2, 0.25) is 5.02 Å². The molecule has 0 aliphatic rings. The summed E-state index contributed by atoms with van der Waals surface area (Å²) in [5, 5.41) is 12.4. The number of rotatable bonds is 6. The fraction of sp³-hybridized carbons (Fsp3) is 0.368. The van der Waals surface area contributed by atoms with Gasteiger partial charge in [-0.05, 0) is 24.6 Å². The zero-order chi connectivity index (χ0) is 22.8. The molecule has 2 amide bonds. The van der Waals surface area contributed by atoms with Gasteiger partial charge in [0, 0.05) is 43.6 Å². The predicted octanol–water partition coefficient (Wildman–Crippen LogP) is 3.52. The third-order valence-corrected chi connectivity index (χ3v) is 5.50. The third kappa shape index (κ3) is 5.44. The number of carbonyl (C=O) groups is 2. The van der Waals surface area contributed by atoms with E-state index in [1.165, 1.54) is 31.1 Å². The number of halogens is 4. The van der Waals surface area contributed by atoms with Gasteiger partial charge in [0.1, 0.15) is 0 Å². The Hall–Kier alpha value is -2.30. The number of thiophene rings is 1. The summed E-state index contributed by atoms with van der Waals surface area (Å²) in [6.45, 7) is 1.29.